The number of phenolic OH excluding ortho intramolecular Hbond substituents is 1. The Morgan fingerprint density at radius 3 is 2.80 bits per heavy atom. The fourth-order valence-electron chi connectivity index (χ4n) is 1.82. The first-order chi connectivity index (χ1) is 7.02. The van der Waals surface area contributed by atoms with E-state index in [4.69, 9.17) is 4.74 Å². The van der Waals surface area contributed by atoms with Gasteiger partial charge in [0.05, 0.1) is 12.6 Å². The zero-order valence-electron chi connectivity index (χ0n) is 9.24. The van der Waals surface area contributed by atoms with Crippen LogP contribution in [0.1, 0.15) is 25.0 Å². The molecule has 0 saturated heterocycles. The molecule has 3 nitrogen and oxygen atoms in total. The van der Waals surface area contributed by atoms with Crippen LogP contribution >= 0.6 is 0 Å². The lowest BCUT2D eigenvalue weighted by Crippen LogP contribution is -2.24. The lowest BCUT2D eigenvalue weighted by Gasteiger charge is -2.25. The lowest BCUT2D eigenvalue weighted by molar-refractivity contribution is 0.372. The van der Waals surface area contributed by atoms with Gasteiger partial charge in [0.2, 0.25) is 0 Å². The van der Waals surface area contributed by atoms with Crippen LogP contribution in [0.15, 0.2) is 17.1 Å². The van der Waals surface area contributed by atoms with Gasteiger partial charge in [-0.05, 0) is 43.5 Å². The minimum Gasteiger partial charge on any atom is -0.504 e. The predicted molar refractivity (Wildman–Crippen MR) is 60.0 cm³/mol. The Hall–Kier alpha value is -1.51. The van der Waals surface area contributed by atoms with Crippen LogP contribution in [0.2, 0.25) is 0 Å². The van der Waals surface area contributed by atoms with Crippen molar-refractivity contribution in [2.75, 3.05) is 7.11 Å². The molecular weight excluding hydrogens is 190 g/mol. The van der Waals surface area contributed by atoms with Gasteiger partial charge in [-0.15, -0.1) is 0 Å². The Labute approximate surface area is 89.4 Å². The summed E-state index contributed by atoms with van der Waals surface area (Å²) in [6.45, 7) is 4.18. The molecule has 15 heavy (non-hydrogen) atoms. The molecular formula is C12H15NO2. The van der Waals surface area contributed by atoms with Gasteiger partial charge in [0.1, 0.15) is 0 Å². The molecule has 1 aliphatic rings. The highest BCUT2D eigenvalue weighted by atomic mass is 16.5. The summed E-state index contributed by atoms with van der Waals surface area (Å²) in [7, 11) is 1.56. The number of benzene rings is 1. The van der Waals surface area contributed by atoms with E-state index in [9.17, 15) is 5.11 Å². The number of aromatic hydroxyl groups is 1. The third-order valence-corrected chi connectivity index (χ3v) is 2.62. The summed E-state index contributed by atoms with van der Waals surface area (Å²) in [5, 5.41) is 9.61. The topological polar surface area (TPSA) is 41.8 Å². The van der Waals surface area contributed by atoms with E-state index in [0.29, 0.717) is 5.75 Å². The van der Waals surface area contributed by atoms with E-state index >= 15 is 0 Å². The standard InChI is InChI=1S/C12H15NO2/c1-12(2)6-8-5-11(15-3)10(14)4-9(8)7-13-12/h4-5,7,14H,6H2,1-3H3. The second-order valence-corrected chi connectivity index (χ2v) is 4.47. The van der Waals surface area contributed by atoms with Gasteiger partial charge < -0.3 is 9.84 Å². The average molecular weight is 205 g/mol. The van der Waals surface area contributed by atoms with Gasteiger partial charge in [-0.2, -0.15) is 0 Å². The van der Waals surface area contributed by atoms with E-state index in [1.807, 2.05) is 12.3 Å². The molecule has 0 saturated carbocycles. The molecule has 0 radical (unpaired) electrons. The van der Waals surface area contributed by atoms with Gasteiger partial charge in [0.15, 0.2) is 11.5 Å². The van der Waals surface area contributed by atoms with Crippen LogP contribution in [0.5, 0.6) is 11.5 Å². The van der Waals surface area contributed by atoms with Gasteiger partial charge in [0, 0.05) is 6.21 Å². The molecule has 0 bridgehead atoms. The maximum atomic E-state index is 9.61. The van der Waals surface area contributed by atoms with Crippen molar-refractivity contribution in [3.05, 3.63) is 23.3 Å². The fraction of sp³-hybridized carbons (Fsp3) is 0.417. The van der Waals surface area contributed by atoms with Gasteiger partial charge in [-0.3, -0.25) is 4.99 Å². The molecule has 0 spiro atoms. The Morgan fingerprint density at radius 2 is 2.13 bits per heavy atom. The highest BCUT2D eigenvalue weighted by Gasteiger charge is 2.23. The van der Waals surface area contributed by atoms with Crippen LogP contribution in [0.4, 0.5) is 0 Å². The number of fused-ring (bicyclic) bond motifs is 1. The summed E-state index contributed by atoms with van der Waals surface area (Å²) in [4.78, 5) is 4.42. The van der Waals surface area contributed by atoms with Crippen molar-refractivity contribution in [3.8, 4) is 11.5 Å². The second kappa shape index (κ2) is 3.26. The number of phenols is 1. The van der Waals surface area contributed by atoms with Gasteiger partial charge in [-0.1, -0.05) is 0 Å². The molecule has 0 aromatic heterocycles. The van der Waals surface area contributed by atoms with Crippen LogP contribution in [-0.4, -0.2) is 24.0 Å². The lowest BCUT2D eigenvalue weighted by atomic mass is 9.89. The van der Waals surface area contributed by atoms with Crippen LogP contribution in [0, 0.1) is 0 Å². The molecule has 0 atom stereocenters. The van der Waals surface area contributed by atoms with Crippen LogP contribution in [-0.2, 0) is 6.42 Å². The first-order valence-electron chi connectivity index (χ1n) is 4.97. The zero-order chi connectivity index (χ0) is 11.1. The molecule has 0 unspecified atom stereocenters. The number of hydrogen-bond donors (Lipinski definition) is 1. The van der Waals surface area contributed by atoms with Crippen LogP contribution in [0.3, 0.4) is 0 Å². The molecule has 0 aliphatic carbocycles. The molecule has 0 amide bonds. The maximum absolute atomic E-state index is 9.61. The van der Waals surface area contributed by atoms with Crippen LogP contribution < -0.4 is 4.74 Å². The minimum absolute atomic E-state index is 0.0605. The molecule has 1 aromatic carbocycles. The van der Waals surface area contributed by atoms with Crippen molar-refractivity contribution >= 4 is 6.21 Å². The van der Waals surface area contributed by atoms with E-state index in [1.54, 1.807) is 13.2 Å². The first kappa shape index (κ1) is 10.0. The second-order valence-electron chi connectivity index (χ2n) is 4.47. The number of hydrogen-bond acceptors (Lipinski definition) is 3. The van der Waals surface area contributed by atoms with Crippen molar-refractivity contribution < 1.29 is 9.84 Å². The van der Waals surface area contributed by atoms with Crippen molar-refractivity contribution in [2.24, 2.45) is 4.99 Å². The number of nitrogens with zero attached hydrogens (tertiary/aromatic N) is 1. The molecule has 3 heteroatoms. The molecule has 1 aliphatic heterocycles. The minimum atomic E-state index is -0.0605. The molecule has 0 fully saturated rings. The van der Waals surface area contributed by atoms with E-state index in [2.05, 4.69) is 18.8 Å². The summed E-state index contributed by atoms with van der Waals surface area (Å²) in [6, 6.07) is 3.59. The molecule has 1 heterocycles. The summed E-state index contributed by atoms with van der Waals surface area (Å²) < 4.78 is 5.08. The number of methoxy groups -OCH3 is 1. The molecule has 80 valence electrons. The van der Waals surface area contributed by atoms with E-state index in [0.717, 1.165) is 12.0 Å². The van der Waals surface area contributed by atoms with Crippen LogP contribution in [0.25, 0.3) is 0 Å². The van der Waals surface area contributed by atoms with Gasteiger partial charge in [-0.25, -0.2) is 0 Å². The molecule has 2 rings (SSSR count). The predicted octanol–water partition coefficient (Wildman–Crippen LogP) is 2.15. The highest BCUT2D eigenvalue weighted by Crippen LogP contribution is 2.33. The quantitative estimate of drug-likeness (QED) is 0.763. The normalized spacial score (nSPS) is 17.3. The number of ether oxygens (including phenoxy) is 1. The van der Waals surface area contributed by atoms with Crippen molar-refractivity contribution in [2.45, 2.75) is 25.8 Å². The summed E-state index contributed by atoms with van der Waals surface area (Å²) in [6.07, 6.45) is 2.69. The van der Waals surface area contributed by atoms with Crippen molar-refractivity contribution in [1.29, 1.82) is 0 Å². The van der Waals surface area contributed by atoms with E-state index in [1.165, 1.54) is 5.56 Å². The van der Waals surface area contributed by atoms with Crippen molar-refractivity contribution in [3.63, 3.8) is 0 Å². The molecule has 1 N–H and O–H groups in total. The average Bonchev–Trinajstić information content (AvgIpc) is 2.17. The third kappa shape index (κ3) is 1.82. The first-order valence-corrected chi connectivity index (χ1v) is 4.97. The zero-order valence-corrected chi connectivity index (χ0v) is 9.24. The highest BCUT2D eigenvalue weighted by molar-refractivity contribution is 5.84. The number of rotatable bonds is 1. The summed E-state index contributed by atoms with van der Waals surface area (Å²) in [5.74, 6) is 0.697. The Morgan fingerprint density at radius 1 is 1.40 bits per heavy atom. The SMILES string of the molecule is COc1cc2c(cc1O)C=NC(C)(C)C2. The maximum Gasteiger partial charge on any atom is 0.160 e. The number of aliphatic imine (C=N–C) groups is 1. The Balaban J connectivity index is 2.49. The van der Waals surface area contributed by atoms with Gasteiger partial charge in [0.25, 0.3) is 0 Å². The Kier molecular flexibility index (Phi) is 2.18. The summed E-state index contributed by atoms with van der Waals surface area (Å²) >= 11 is 0. The van der Waals surface area contributed by atoms with Gasteiger partial charge >= 0.3 is 0 Å². The fourth-order valence-corrected chi connectivity index (χ4v) is 1.82. The van der Waals surface area contributed by atoms with E-state index in [-0.39, 0.29) is 11.3 Å². The summed E-state index contributed by atoms with van der Waals surface area (Å²) in [5.41, 5.74) is 2.09. The van der Waals surface area contributed by atoms with Crippen molar-refractivity contribution in [1.82, 2.24) is 0 Å². The molecule has 1 aromatic rings. The Bertz CT molecular complexity index is 422. The monoisotopic (exact) mass is 205 g/mol. The third-order valence-electron chi connectivity index (χ3n) is 2.62. The largest absolute Gasteiger partial charge is 0.504 e. The smallest absolute Gasteiger partial charge is 0.160 e. The van der Waals surface area contributed by atoms with E-state index < -0.39 is 0 Å².